The Kier molecular flexibility index (Phi) is 3.29. The summed E-state index contributed by atoms with van der Waals surface area (Å²) in [5.41, 5.74) is 7.04. The lowest BCUT2D eigenvalue weighted by atomic mass is 10.1. The van der Waals surface area contributed by atoms with E-state index in [-0.39, 0.29) is 11.4 Å². The van der Waals surface area contributed by atoms with Crippen molar-refractivity contribution in [2.45, 2.75) is 0 Å². The van der Waals surface area contributed by atoms with Crippen molar-refractivity contribution in [2.24, 2.45) is 0 Å². The van der Waals surface area contributed by atoms with E-state index in [1.54, 1.807) is 12.1 Å². The number of anilines is 1. The Balaban J connectivity index is 2.70. The predicted octanol–water partition coefficient (Wildman–Crippen LogP) is 3.60. The first-order chi connectivity index (χ1) is 8.06. The third-order valence-electron chi connectivity index (χ3n) is 2.21. The summed E-state index contributed by atoms with van der Waals surface area (Å²) in [6.07, 6.45) is 0. The second-order valence-corrected chi connectivity index (χ2v) is 4.77. The third kappa shape index (κ3) is 2.00. The zero-order chi connectivity index (χ0) is 12.6. The number of halogens is 3. The minimum absolute atomic E-state index is 0.153. The van der Waals surface area contributed by atoms with Gasteiger partial charge in [0.15, 0.2) is 5.82 Å². The minimum atomic E-state index is 0.153. The van der Waals surface area contributed by atoms with Gasteiger partial charge in [-0.3, -0.25) is 5.10 Å². The van der Waals surface area contributed by atoms with E-state index in [1.807, 2.05) is 6.07 Å². The summed E-state index contributed by atoms with van der Waals surface area (Å²) < 4.78 is 0.590. The van der Waals surface area contributed by atoms with E-state index in [0.717, 1.165) is 0 Å². The largest absolute Gasteiger partial charge is 0.381 e. The second kappa shape index (κ2) is 4.57. The van der Waals surface area contributed by atoms with Crippen molar-refractivity contribution in [3.8, 4) is 17.3 Å². The van der Waals surface area contributed by atoms with Crippen LogP contribution in [0.1, 0.15) is 5.56 Å². The van der Waals surface area contributed by atoms with Crippen molar-refractivity contribution in [1.82, 2.24) is 10.2 Å². The Morgan fingerprint density at radius 3 is 2.76 bits per heavy atom. The van der Waals surface area contributed by atoms with Crippen molar-refractivity contribution in [3.05, 3.63) is 32.2 Å². The van der Waals surface area contributed by atoms with E-state index in [4.69, 9.17) is 34.2 Å². The van der Waals surface area contributed by atoms with Crippen LogP contribution in [0.4, 0.5) is 5.82 Å². The van der Waals surface area contributed by atoms with Crippen LogP contribution in [-0.4, -0.2) is 10.2 Å². The lowest BCUT2D eigenvalue weighted by Crippen LogP contribution is -1.88. The molecule has 1 heterocycles. The standard InChI is InChI=1S/C10H5BrCl2N4/c11-7-4(1-2-6(12)8(7)13)9-5(3-14)10(15)17-16-9/h1-2H,(H3,15,16,17). The summed E-state index contributed by atoms with van der Waals surface area (Å²) in [6, 6.07) is 5.36. The van der Waals surface area contributed by atoms with Crippen LogP contribution in [0.25, 0.3) is 11.3 Å². The molecule has 0 aliphatic carbocycles. The van der Waals surface area contributed by atoms with Crippen LogP contribution in [0.2, 0.25) is 10.0 Å². The second-order valence-electron chi connectivity index (χ2n) is 3.19. The molecule has 0 unspecified atom stereocenters. The van der Waals surface area contributed by atoms with Crippen LogP contribution in [-0.2, 0) is 0 Å². The molecule has 0 fully saturated rings. The van der Waals surface area contributed by atoms with E-state index < -0.39 is 0 Å². The predicted molar refractivity (Wildman–Crippen MR) is 70.9 cm³/mol. The van der Waals surface area contributed by atoms with Gasteiger partial charge in [0.2, 0.25) is 0 Å². The highest BCUT2D eigenvalue weighted by Gasteiger charge is 2.17. The van der Waals surface area contributed by atoms with E-state index in [0.29, 0.717) is 25.8 Å². The molecule has 0 amide bonds. The summed E-state index contributed by atoms with van der Waals surface area (Å²) in [5.74, 6) is 0.153. The highest BCUT2D eigenvalue weighted by atomic mass is 79.9. The van der Waals surface area contributed by atoms with Gasteiger partial charge >= 0.3 is 0 Å². The van der Waals surface area contributed by atoms with Gasteiger partial charge in [-0.15, -0.1) is 0 Å². The molecule has 0 saturated carbocycles. The first-order valence-electron chi connectivity index (χ1n) is 4.44. The minimum Gasteiger partial charge on any atom is -0.381 e. The topological polar surface area (TPSA) is 78.5 Å². The molecule has 2 aromatic rings. The van der Waals surface area contributed by atoms with Gasteiger partial charge in [-0.2, -0.15) is 10.4 Å². The number of nitrogens with two attached hydrogens (primary N) is 1. The SMILES string of the molecule is N#Cc1c(N)n[nH]c1-c1ccc(Cl)c(Cl)c1Br. The molecule has 86 valence electrons. The Morgan fingerprint density at radius 1 is 1.41 bits per heavy atom. The van der Waals surface area contributed by atoms with Crippen molar-refractivity contribution in [2.75, 3.05) is 5.73 Å². The van der Waals surface area contributed by atoms with Crippen molar-refractivity contribution >= 4 is 44.9 Å². The molecule has 0 radical (unpaired) electrons. The lowest BCUT2D eigenvalue weighted by molar-refractivity contribution is 1.10. The zero-order valence-corrected chi connectivity index (χ0v) is 11.4. The number of benzene rings is 1. The number of hydrogen-bond donors (Lipinski definition) is 2. The highest BCUT2D eigenvalue weighted by Crippen LogP contribution is 2.39. The molecule has 3 N–H and O–H groups in total. The van der Waals surface area contributed by atoms with Crippen LogP contribution in [0, 0.1) is 11.3 Å². The van der Waals surface area contributed by atoms with Gasteiger partial charge in [0.25, 0.3) is 0 Å². The summed E-state index contributed by atoms with van der Waals surface area (Å²) in [6.45, 7) is 0. The molecule has 0 atom stereocenters. The first kappa shape index (κ1) is 12.2. The Hall–Kier alpha value is -1.22. The molecule has 1 aromatic heterocycles. The van der Waals surface area contributed by atoms with Gasteiger partial charge in [0.05, 0.1) is 15.7 Å². The molecule has 0 spiro atoms. The lowest BCUT2D eigenvalue weighted by Gasteiger charge is -2.05. The summed E-state index contributed by atoms with van der Waals surface area (Å²) in [7, 11) is 0. The summed E-state index contributed by atoms with van der Waals surface area (Å²) in [5, 5.41) is 16.3. The number of nitriles is 1. The maximum atomic E-state index is 9.00. The summed E-state index contributed by atoms with van der Waals surface area (Å²) >= 11 is 15.2. The number of aromatic amines is 1. The van der Waals surface area contributed by atoms with Gasteiger partial charge in [-0.25, -0.2) is 0 Å². The fourth-order valence-corrected chi connectivity index (χ4v) is 2.36. The average Bonchev–Trinajstić information content (AvgIpc) is 2.67. The van der Waals surface area contributed by atoms with Crippen LogP contribution < -0.4 is 5.73 Å². The number of hydrogen-bond acceptors (Lipinski definition) is 3. The Labute approximate surface area is 115 Å². The van der Waals surface area contributed by atoms with E-state index in [2.05, 4.69) is 26.1 Å². The van der Waals surface area contributed by atoms with Crippen molar-refractivity contribution < 1.29 is 0 Å². The fourth-order valence-electron chi connectivity index (χ4n) is 1.38. The molecule has 7 heteroatoms. The number of nitrogen functional groups attached to an aromatic ring is 1. The molecule has 1 aromatic carbocycles. The molecule has 17 heavy (non-hydrogen) atoms. The summed E-state index contributed by atoms with van der Waals surface area (Å²) in [4.78, 5) is 0. The molecule has 4 nitrogen and oxygen atoms in total. The van der Waals surface area contributed by atoms with Crippen molar-refractivity contribution in [3.63, 3.8) is 0 Å². The maximum absolute atomic E-state index is 9.00. The van der Waals surface area contributed by atoms with Crippen LogP contribution in [0.15, 0.2) is 16.6 Å². The molecule has 0 bridgehead atoms. The van der Waals surface area contributed by atoms with Crippen molar-refractivity contribution in [1.29, 1.82) is 5.26 Å². The number of nitrogens with one attached hydrogen (secondary N) is 1. The quantitative estimate of drug-likeness (QED) is 0.783. The Morgan fingerprint density at radius 2 is 2.12 bits per heavy atom. The molecule has 2 rings (SSSR count). The first-order valence-corrected chi connectivity index (χ1v) is 5.99. The van der Waals surface area contributed by atoms with Gasteiger partial charge in [0, 0.05) is 10.0 Å². The normalized spacial score (nSPS) is 10.2. The number of aromatic nitrogens is 2. The monoisotopic (exact) mass is 330 g/mol. The van der Waals surface area contributed by atoms with Gasteiger partial charge in [-0.05, 0) is 22.0 Å². The van der Waals surface area contributed by atoms with E-state index >= 15 is 0 Å². The van der Waals surface area contributed by atoms with Gasteiger partial charge in [0.1, 0.15) is 11.6 Å². The highest BCUT2D eigenvalue weighted by molar-refractivity contribution is 9.10. The molecule has 0 aliphatic rings. The number of nitrogens with zero attached hydrogens (tertiary/aromatic N) is 2. The maximum Gasteiger partial charge on any atom is 0.163 e. The molecule has 0 aliphatic heterocycles. The van der Waals surface area contributed by atoms with Gasteiger partial charge < -0.3 is 5.73 Å². The van der Waals surface area contributed by atoms with Crippen LogP contribution in [0.3, 0.4) is 0 Å². The Bertz CT molecular complexity index is 630. The molecular formula is C10H5BrCl2N4. The number of H-pyrrole nitrogens is 1. The van der Waals surface area contributed by atoms with E-state index in [1.165, 1.54) is 0 Å². The van der Waals surface area contributed by atoms with Gasteiger partial charge in [-0.1, -0.05) is 29.3 Å². The molecule has 0 saturated heterocycles. The van der Waals surface area contributed by atoms with E-state index in [9.17, 15) is 0 Å². The smallest absolute Gasteiger partial charge is 0.163 e. The van der Waals surface area contributed by atoms with Crippen LogP contribution in [0.5, 0.6) is 0 Å². The molecular weight excluding hydrogens is 327 g/mol. The van der Waals surface area contributed by atoms with Crippen LogP contribution >= 0.6 is 39.1 Å². The fraction of sp³-hybridized carbons (Fsp3) is 0. The average molecular weight is 332 g/mol. The number of rotatable bonds is 1. The zero-order valence-electron chi connectivity index (χ0n) is 8.26. The third-order valence-corrected chi connectivity index (χ3v) is 4.07.